The molecule has 0 saturated carbocycles. The number of aliphatic hydroxyl groups is 1. The van der Waals surface area contributed by atoms with Gasteiger partial charge in [-0.25, -0.2) is 0 Å². The molecule has 78 valence electrons. The third kappa shape index (κ3) is 3.44. The van der Waals surface area contributed by atoms with Gasteiger partial charge in [0.1, 0.15) is 0 Å². The Hall–Kier alpha value is -0.930. The van der Waals surface area contributed by atoms with Crippen LogP contribution in [0, 0.1) is 5.92 Å². The maximum absolute atomic E-state index is 8.87. The van der Waals surface area contributed by atoms with Crippen molar-refractivity contribution in [2.45, 2.75) is 19.9 Å². The van der Waals surface area contributed by atoms with Crippen LogP contribution in [0.25, 0.3) is 0 Å². The van der Waals surface area contributed by atoms with Gasteiger partial charge in [0.15, 0.2) is 0 Å². The largest absolute Gasteiger partial charge is 0.396 e. The van der Waals surface area contributed by atoms with Crippen LogP contribution in [-0.4, -0.2) is 23.2 Å². The van der Waals surface area contributed by atoms with Crippen molar-refractivity contribution in [3.05, 3.63) is 30.1 Å². The highest BCUT2D eigenvalue weighted by Crippen LogP contribution is 2.09. The van der Waals surface area contributed by atoms with Crippen molar-refractivity contribution in [3.63, 3.8) is 0 Å². The van der Waals surface area contributed by atoms with Gasteiger partial charge in [-0.3, -0.25) is 4.98 Å². The minimum atomic E-state index is 0.229. The highest BCUT2D eigenvalue weighted by atomic mass is 16.3. The van der Waals surface area contributed by atoms with Crippen molar-refractivity contribution in [1.29, 1.82) is 0 Å². The summed E-state index contributed by atoms with van der Waals surface area (Å²) < 4.78 is 0. The summed E-state index contributed by atoms with van der Waals surface area (Å²) >= 11 is 0. The van der Waals surface area contributed by atoms with E-state index in [1.165, 1.54) is 5.56 Å². The molecule has 0 fully saturated rings. The van der Waals surface area contributed by atoms with Crippen LogP contribution >= 0.6 is 0 Å². The minimum Gasteiger partial charge on any atom is -0.396 e. The van der Waals surface area contributed by atoms with Gasteiger partial charge in [0.25, 0.3) is 0 Å². The van der Waals surface area contributed by atoms with E-state index < -0.39 is 0 Å². The number of aromatic nitrogens is 1. The van der Waals surface area contributed by atoms with E-state index in [2.05, 4.69) is 17.2 Å². The number of nitrogens with zero attached hydrogens (tertiary/aromatic N) is 1. The zero-order valence-corrected chi connectivity index (χ0v) is 8.77. The Kier molecular flexibility index (Phi) is 4.56. The van der Waals surface area contributed by atoms with Crippen molar-refractivity contribution >= 4 is 0 Å². The normalized spacial score (nSPS) is 15.1. The molecule has 2 N–H and O–H groups in total. The molecular formula is C11H18N2O. The molecule has 0 amide bonds. The molecule has 1 aromatic heterocycles. The Labute approximate surface area is 85.2 Å². The van der Waals surface area contributed by atoms with Crippen molar-refractivity contribution in [3.8, 4) is 0 Å². The van der Waals surface area contributed by atoms with Crippen LogP contribution < -0.4 is 5.32 Å². The summed E-state index contributed by atoms with van der Waals surface area (Å²) in [5.41, 5.74) is 1.18. The van der Waals surface area contributed by atoms with E-state index in [1.54, 1.807) is 6.20 Å². The fourth-order valence-corrected chi connectivity index (χ4v) is 1.19. The molecule has 0 aliphatic carbocycles. The number of nitrogens with one attached hydrogen (secondary N) is 1. The van der Waals surface area contributed by atoms with E-state index in [-0.39, 0.29) is 12.6 Å². The number of hydrogen-bond donors (Lipinski definition) is 2. The van der Waals surface area contributed by atoms with Crippen molar-refractivity contribution in [2.75, 3.05) is 13.2 Å². The fraction of sp³-hybridized carbons (Fsp3) is 0.545. The molecule has 2 atom stereocenters. The van der Waals surface area contributed by atoms with Crippen molar-refractivity contribution in [2.24, 2.45) is 5.92 Å². The molecular weight excluding hydrogens is 176 g/mol. The maximum atomic E-state index is 8.87. The van der Waals surface area contributed by atoms with Crippen LogP contribution in [0.2, 0.25) is 0 Å². The second-order valence-corrected chi connectivity index (χ2v) is 3.70. The molecule has 1 rings (SSSR count). The molecule has 0 bridgehead atoms. The molecule has 3 heteroatoms. The lowest BCUT2D eigenvalue weighted by Crippen LogP contribution is -2.26. The van der Waals surface area contributed by atoms with Crippen molar-refractivity contribution in [1.82, 2.24) is 10.3 Å². The Morgan fingerprint density at radius 1 is 1.50 bits per heavy atom. The Morgan fingerprint density at radius 3 is 2.86 bits per heavy atom. The SMILES string of the molecule is CC(CO)CN[C@@H](C)c1cccnc1. The summed E-state index contributed by atoms with van der Waals surface area (Å²) in [5.74, 6) is 0.300. The van der Waals surface area contributed by atoms with Crippen LogP contribution in [0.1, 0.15) is 25.5 Å². The lowest BCUT2D eigenvalue weighted by atomic mass is 10.1. The summed E-state index contributed by atoms with van der Waals surface area (Å²) in [6.07, 6.45) is 3.63. The van der Waals surface area contributed by atoms with E-state index in [1.807, 2.05) is 25.3 Å². The van der Waals surface area contributed by atoms with Crippen LogP contribution in [0.4, 0.5) is 0 Å². The van der Waals surface area contributed by atoms with Gasteiger partial charge < -0.3 is 10.4 Å². The topological polar surface area (TPSA) is 45.1 Å². The molecule has 1 aromatic rings. The van der Waals surface area contributed by atoms with Gasteiger partial charge in [-0.1, -0.05) is 13.0 Å². The minimum absolute atomic E-state index is 0.229. The van der Waals surface area contributed by atoms with Crippen LogP contribution in [0.5, 0.6) is 0 Å². The first-order valence-electron chi connectivity index (χ1n) is 4.98. The average molecular weight is 194 g/mol. The van der Waals surface area contributed by atoms with Gasteiger partial charge >= 0.3 is 0 Å². The standard InChI is InChI=1S/C11H18N2O/c1-9(8-14)6-13-10(2)11-4-3-5-12-7-11/h3-5,7,9-10,13-14H,6,8H2,1-2H3/t9?,10-/m0/s1. The first kappa shape index (κ1) is 11.1. The van der Waals surface area contributed by atoms with Gasteiger partial charge in [0.05, 0.1) is 0 Å². The molecule has 0 aliphatic heterocycles. The van der Waals surface area contributed by atoms with Gasteiger partial charge in [0, 0.05) is 31.6 Å². The Morgan fingerprint density at radius 2 is 2.29 bits per heavy atom. The van der Waals surface area contributed by atoms with E-state index in [4.69, 9.17) is 5.11 Å². The van der Waals surface area contributed by atoms with E-state index >= 15 is 0 Å². The molecule has 1 heterocycles. The van der Waals surface area contributed by atoms with Crippen LogP contribution in [-0.2, 0) is 0 Å². The van der Waals surface area contributed by atoms with Gasteiger partial charge in [0.2, 0.25) is 0 Å². The lowest BCUT2D eigenvalue weighted by molar-refractivity contribution is 0.231. The molecule has 1 unspecified atom stereocenters. The summed E-state index contributed by atoms with van der Waals surface area (Å²) in [6.45, 7) is 5.17. The average Bonchev–Trinajstić information content (AvgIpc) is 2.26. The molecule has 3 nitrogen and oxygen atoms in total. The maximum Gasteiger partial charge on any atom is 0.0468 e. The third-order valence-corrected chi connectivity index (χ3v) is 2.27. The fourth-order valence-electron chi connectivity index (χ4n) is 1.19. The summed E-state index contributed by atoms with van der Waals surface area (Å²) in [5, 5.41) is 12.2. The van der Waals surface area contributed by atoms with Gasteiger partial charge in [-0.2, -0.15) is 0 Å². The highest BCUT2D eigenvalue weighted by Gasteiger charge is 2.06. The highest BCUT2D eigenvalue weighted by molar-refractivity contribution is 5.12. The van der Waals surface area contributed by atoms with Crippen LogP contribution in [0.3, 0.4) is 0 Å². The number of pyridine rings is 1. The number of rotatable bonds is 5. The first-order chi connectivity index (χ1) is 6.74. The molecule has 14 heavy (non-hydrogen) atoms. The molecule has 0 aliphatic rings. The zero-order valence-electron chi connectivity index (χ0n) is 8.77. The number of hydrogen-bond acceptors (Lipinski definition) is 3. The Balaban J connectivity index is 2.39. The third-order valence-electron chi connectivity index (χ3n) is 2.27. The predicted molar refractivity (Wildman–Crippen MR) is 56.9 cm³/mol. The zero-order chi connectivity index (χ0) is 10.4. The summed E-state index contributed by atoms with van der Waals surface area (Å²) in [7, 11) is 0. The number of aliphatic hydroxyl groups excluding tert-OH is 1. The lowest BCUT2D eigenvalue weighted by Gasteiger charge is -2.16. The molecule has 0 saturated heterocycles. The second-order valence-electron chi connectivity index (χ2n) is 3.70. The molecule has 0 spiro atoms. The summed E-state index contributed by atoms with van der Waals surface area (Å²) in [6, 6.07) is 4.27. The smallest absolute Gasteiger partial charge is 0.0468 e. The summed E-state index contributed by atoms with van der Waals surface area (Å²) in [4.78, 5) is 4.06. The quantitative estimate of drug-likeness (QED) is 0.744. The second kappa shape index (κ2) is 5.73. The van der Waals surface area contributed by atoms with E-state index in [0.29, 0.717) is 5.92 Å². The molecule has 0 radical (unpaired) electrons. The molecule has 0 aromatic carbocycles. The Bertz CT molecular complexity index is 251. The van der Waals surface area contributed by atoms with Gasteiger partial charge in [-0.15, -0.1) is 0 Å². The first-order valence-corrected chi connectivity index (χ1v) is 4.98. The van der Waals surface area contributed by atoms with E-state index in [0.717, 1.165) is 6.54 Å². The van der Waals surface area contributed by atoms with E-state index in [9.17, 15) is 0 Å². The van der Waals surface area contributed by atoms with Gasteiger partial charge in [-0.05, 0) is 24.5 Å². The van der Waals surface area contributed by atoms with Crippen LogP contribution in [0.15, 0.2) is 24.5 Å². The predicted octanol–water partition coefficient (Wildman–Crippen LogP) is 1.36. The van der Waals surface area contributed by atoms with Crippen molar-refractivity contribution < 1.29 is 5.11 Å². The monoisotopic (exact) mass is 194 g/mol.